The van der Waals surface area contributed by atoms with Gasteiger partial charge in [0.2, 0.25) is 4.38 Å². The summed E-state index contributed by atoms with van der Waals surface area (Å²) in [6, 6.07) is 0. The maximum absolute atomic E-state index is 11.7. The molecule has 12 heteroatoms. The van der Waals surface area contributed by atoms with Crippen LogP contribution in [0.1, 0.15) is 34.6 Å². The fraction of sp³-hybridized carbons (Fsp3) is 0.706. The minimum atomic E-state index is -1.23. The van der Waals surface area contributed by atoms with Crippen molar-refractivity contribution in [2.24, 2.45) is 0 Å². The molecular formula is C17H24O10S2. The Kier molecular flexibility index (Phi) is 10.3. The quantitative estimate of drug-likeness (QED) is 0.235. The number of thioether (sulfide) groups is 1. The van der Waals surface area contributed by atoms with Crippen molar-refractivity contribution in [3.05, 3.63) is 0 Å². The van der Waals surface area contributed by atoms with Crippen LogP contribution in [-0.4, -0.2) is 71.3 Å². The molecule has 0 unspecified atom stereocenters. The van der Waals surface area contributed by atoms with Crippen molar-refractivity contribution in [1.82, 2.24) is 0 Å². The SMILES string of the molecule is CCOC(=S)S[13C@@H]1O[13C@H]([13CH2]OC(C)=O)[13C@@H](OC(C)=O)[13C@H](OC(C)=O)[13C@H]1OC(C)=O. The van der Waals surface area contributed by atoms with Crippen LogP contribution < -0.4 is 0 Å². The number of carbonyl (C=O) groups is 4. The summed E-state index contributed by atoms with van der Waals surface area (Å²) < 4.78 is 32.1. The highest BCUT2D eigenvalue weighted by Crippen LogP contribution is 2.35. The molecule has 0 aromatic carbocycles. The molecule has 1 aliphatic heterocycles. The van der Waals surface area contributed by atoms with Crippen LogP contribution in [0.25, 0.3) is 0 Å². The molecule has 0 aromatic heterocycles. The van der Waals surface area contributed by atoms with E-state index < -0.39 is 53.7 Å². The number of rotatable bonds is 7. The van der Waals surface area contributed by atoms with Crippen molar-refractivity contribution in [3.63, 3.8) is 0 Å². The van der Waals surface area contributed by atoms with E-state index in [4.69, 9.17) is 40.6 Å². The second-order valence-electron chi connectivity index (χ2n) is 5.87. The van der Waals surface area contributed by atoms with Crippen LogP contribution in [0.2, 0.25) is 0 Å². The zero-order valence-electron chi connectivity index (χ0n) is 16.7. The molecule has 0 bridgehead atoms. The summed E-state index contributed by atoms with van der Waals surface area (Å²) in [5, 5.41) is 0. The van der Waals surface area contributed by atoms with Gasteiger partial charge in [0.1, 0.15) is 12.7 Å². The lowest BCUT2D eigenvalue weighted by Crippen LogP contribution is -2.61. The number of thiocarbonyl (C=S) groups is 1. The molecule has 1 heterocycles. The predicted molar refractivity (Wildman–Crippen MR) is 104 cm³/mol. The first-order valence-electron chi connectivity index (χ1n) is 8.69. The molecule has 0 aliphatic carbocycles. The zero-order valence-corrected chi connectivity index (χ0v) is 18.3. The van der Waals surface area contributed by atoms with Crippen molar-refractivity contribution in [2.75, 3.05) is 13.2 Å². The minimum Gasteiger partial charge on any atom is -0.479 e. The fourth-order valence-corrected chi connectivity index (χ4v) is 3.85. The Morgan fingerprint density at radius 2 is 1.34 bits per heavy atom. The summed E-state index contributed by atoms with van der Waals surface area (Å²) in [6.07, 6.45) is -4.60. The first-order valence-corrected chi connectivity index (χ1v) is 9.97. The summed E-state index contributed by atoms with van der Waals surface area (Å²) in [6.45, 7) is 6.41. The van der Waals surface area contributed by atoms with Crippen molar-refractivity contribution in [1.29, 1.82) is 0 Å². The summed E-state index contributed by atoms with van der Waals surface area (Å²) in [5.74, 6) is -2.66. The number of carbonyl (C=O) groups excluding carboxylic acids is 4. The van der Waals surface area contributed by atoms with E-state index in [1.165, 1.54) is 13.8 Å². The molecular weight excluding hydrogens is 434 g/mol. The van der Waals surface area contributed by atoms with E-state index in [1.54, 1.807) is 6.92 Å². The summed E-state index contributed by atoms with van der Waals surface area (Å²) >= 11 is 6.04. The first kappa shape index (κ1) is 25.1. The Morgan fingerprint density at radius 1 is 0.828 bits per heavy atom. The lowest BCUT2D eigenvalue weighted by Gasteiger charge is -2.43. The van der Waals surface area contributed by atoms with Crippen LogP contribution >= 0.6 is 24.0 Å². The summed E-state index contributed by atoms with van der Waals surface area (Å²) in [5.41, 5.74) is -0.977. The van der Waals surface area contributed by atoms with Gasteiger partial charge in [-0.1, -0.05) is 0 Å². The Labute approximate surface area is 177 Å². The molecule has 0 amide bonds. The molecule has 5 atom stereocenters. The Bertz CT molecular complexity index is 638. The van der Waals surface area contributed by atoms with Crippen LogP contribution in [0, 0.1) is 0 Å². The summed E-state index contributed by atoms with van der Waals surface area (Å²) in [4.78, 5) is 46.2. The average Bonchev–Trinajstić information content (AvgIpc) is 2.57. The molecule has 0 aromatic rings. The van der Waals surface area contributed by atoms with Gasteiger partial charge in [0.15, 0.2) is 23.7 Å². The van der Waals surface area contributed by atoms with E-state index in [2.05, 4.69) is 0 Å². The molecule has 0 saturated carbocycles. The van der Waals surface area contributed by atoms with Crippen LogP contribution in [0.15, 0.2) is 0 Å². The predicted octanol–water partition coefficient (Wildman–Crippen LogP) is 1.12. The van der Waals surface area contributed by atoms with Gasteiger partial charge in [0.25, 0.3) is 0 Å². The van der Waals surface area contributed by atoms with Crippen molar-refractivity contribution < 1.29 is 47.6 Å². The molecule has 1 aliphatic rings. The standard InChI is InChI=1S/C17H24O10S2/c1-6-22-17(28)29-16-15(26-11(5)21)14(25-10(4)20)13(24-9(3)19)12(27-16)7-23-8(2)18/h12-16H,6-7H2,1-5H3/t12-,13-,14+,15-,16+/m1/s1/i7+1,12+1,13+1,14+1,15+1,16+1. The van der Waals surface area contributed by atoms with E-state index in [-0.39, 0.29) is 11.0 Å². The van der Waals surface area contributed by atoms with E-state index in [0.29, 0.717) is 6.61 Å². The van der Waals surface area contributed by atoms with Gasteiger partial charge >= 0.3 is 23.9 Å². The number of esters is 4. The first-order chi connectivity index (χ1) is 13.5. The van der Waals surface area contributed by atoms with Gasteiger partial charge in [-0.25, -0.2) is 0 Å². The van der Waals surface area contributed by atoms with Gasteiger partial charge in [0.05, 0.1) is 6.61 Å². The maximum atomic E-state index is 11.7. The smallest absolute Gasteiger partial charge is 0.303 e. The van der Waals surface area contributed by atoms with E-state index in [9.17, 15) is 19.2 Å². The molecule has 164 valence electrons. The molecule has 0 spiro atoms. The number of hydrogen-bond donors (Lipinski definition) is 0. The van der Waals surface area contributed by atoms with Crippen LogP contribution in [0.3, 0.4) is 0 Å². The molecule has 0 N–H and O–H groups in total. The third kappa shape index (κ3) is 8.54. The molecule has 0 radical (unpaired) electrons. The second kappa shape index (κ2) is 11.9. The van der Waals surface area contributed by atoms with Gasteiger partial charge in [-0.15, -0.1) is 0 Å². The third-order valence-electron chi connectivity index (χ3n) is 3.42. The van der Waals surface area contributed by atoms with Gasteiger partial charge < -0.3 is 28.4 Å². The molecule has 29 heavy (non-hydrogen) atoms. The lowest BCUT2D eigenvalue weighted by atomic mass is 10.8. The molecule has 1 saturated heterocycles. The molecule has 10 nitrogen and oxygen atoms in total. The highest BCUT2D eigenvalue weighted by atomic mass is 32.2. The Hall–Kier alpha value is -1.92. The van der Waals surface area contributed by atoms with E-state index in [1.807, 2.05) is 0 Å². The Balaban J connectivity index is 3.29. The van der Waals surface area contributed by atoms with E-state index >= 15 is 0 Å². The largest absolute Gasteiger partial charge is 0.479 e. The van der Waals surface area contributed by atoms with Crippen molar-refractivity contribution in [2.45, 2.75) is 64.5 Å². The second-order valence-corrected chi connectivity index (χ2v) is 7.57. The topological polar surface area (TPSA) is 124 Å². The fourth-order valence-electron chi connectivity index (χ4n) is 2.53. The van der Waals surface area contributed by atoms with Crippen molar-refractivity contribution in [3.8, 4) is 0 Å². The zero-order chi connectivity index (χ0) is 22.1. The monoisotopic (exact) mass is 458 g/mol. The minimum absolute atomic E-state index is 0.105. The van der Waals surface area contributed by atoms with Crippen LogP contribution in [0.5, 0.6) is 0 Å². The summed E-state index contributed by atoms with van der Waals surface area (Å²) in [7, 11) is 0. The van der Waals surface area contributed by atoms with Crippen molar-refractivity contribution >= 4 is 52.2 Å². The highest BCUT2D eigenvalue weighted by molar-refractivity contribution is 8.22. The lowest BCUT2D eigenvalue weighted by molar-refractivity contribution is -0.237. The van der Waals surface area contributed by atoms with Crippen LogP contribution in [0.4, 0.5) is 0 Å². The molecule has 1 fully saturated rings. The average molecular weight is 458 g/mol. The van der Waals surface area contributed by atoms with Gasteiger partial charge in [-0.3, -0.25) is 19.2 Å². The normalized spacial score (nSPS) is 26.0. The third-order valence-corrected chi connectivity index (χ3v) is 4.75. The molecule has 1 rings (SSSR count). The maximum Gasteiger partial charge on any atom is 0.303 e. The van der Waals surface area contributed by atoms with E-state index in [0.717, 1.165) is 25.6 Å². The highest BCUT2D eigenvalue weighted by Gasteiger charge is 2.52. The van der Waals surface area contributed by atoms with Crippen LogP contribution in [-0.2, 0) is 47.6 Å². The Morgan fingerprint density at radius 3 is 1.83 bits per heavy atom. The van der Waals surface area contributed by atoms with Gasteiger partial charge in [0, 0.05) is 27.7 Å². The van der Waals surface area contributed by atoms with Gasteiger partial charge in [-0.2, -0.15) is 0 Å². The number of hydrogen-bond acceptors (Lipinski definition) is 12. The number of ether oxygens (including phenoxy) is 6. The van der Waals surface area contributed by atoms with Gasteiger partial charge in [-0.05, 0) is 30.9 Å².